The molecule has 1 aliphatic carbocycles. The van der Waals surface area contributed by atoms with Crippen molar-refractivity contribution in [2.45, 2.75) is 44.9 Å². The van der Waals surface area contributed by atoms with Crippen LogP contribution in [0.15, 0.2) is 60.8 Å². The Morgan fingerprint density at radius 1 is 1.09 bits per heavy atom. The number of aromatic amines is 1. The van der Waals surface area contributed by atoms with Gasteiger partial charge >= 0.3 is 0 Å². The van der Waals surface area contributed by atoms with Crippen molar-refractivity contribution in [3.63, 3.8) is 0 Å². The van der Waals surface area contributed by atoms with Gasteiger partial charge in [-0.2, -0.15) is 0 Å². The summed E-state index contributed by atoms with van der Waals surface area (Å²) in [6, 6.07) is 18.0. The smallest absolute Gasteiger partial charge is 0.248 e. The number of imidazole rings is 1. The number of hydrogen-bond donors (Lipinski definition) is 3. The fraction of sp³-hybridized carbons (Fsp3) is 0.269. The number of hydrogen-bond acceptors (Lipinski definition) is 5. The number of carbonyl (C=O) groups excluding carboxylic acids is 1. The molecule has 0 aliphatic heterocycles. The molecule has 7 heteroatoms. The van der Waals surface area contributed by atoms with Gasteiger partial charge in [0.15, 0.2) is 0 Å². The zero-order valence-electron chi connectivity index (χ0n) is 18.5. The van der Waals surface area contributed by atoms with E-state index >= 15 is 0 Å². The van der Waals surface area contributed by atoms with Crippen LogP contribution in [0.5, 0.6) is 0 Å². The van der Waals surface area contributed by atoms with E-state index in [0.29, 0.717) is 25.2 Å². The van der Waals surface area contributed by atoms with Gasteiger partial charge in [-0.3, -0.25) is 14.7 Å². The van der Waals surface area contributed by atoms with E-state index in [4.69, 9.17) is 21.4 Å². The van der Waals surface area contributed by atoms with Gasteiger partial charge in [-0.25, -0.2) is 4.98 Å². The Hall–Kier alpha value is -3.55. The van der Waals surface area contributed by atoms with Crippen molar-refractivity contribution in [2.24, 2.45) is 11.5 Å². The second-order valence-corrected chi connectivity index (χ2v) is 8.61. The average molecular weight is 441 g/mol. The molecule has 0 radical (unpaired) electrons. The molecule has 1 amide bonds. The molecule has 2 aromatic carbocycles. The van der Waals surface area contributed by atoms with Crippen LogP contribution in [-0.4, -0.2) is 25.8 Å². The summed E-state index contributed by atoms with van der Waals surface area (Å²) in [5.74, 6) is 0.475. The summed E-state index contributed by atoms with van der Waals surface area (Å²) in [5, 5.41) is 0. The standard InChI is InChI=1S/C26H28N6O/c27-14-20-13-18(26(28)33)10-11-19(20)15-32(16-24-30-21-7-1-2-8-22(21)31-24)23-9-3-5-17-6-4-12-29-25(17)23/h1-2,4,6-8,10-13,23H,3,5,9,14-16,27H2,(H2,28,33)(H,30,31). The summed E-state index contributed by atoms with van der Waals surface area (Å²) in [4.78, 5) is 27.1. The number of nitrogens with two attached hydrogens (primary N) is 2. The van der Waals surface area contributed by atoms with Gasteiger partial charge in [-0.05, 0) is 66.3 Å². The molecule has 4 aromatic rings. The first kappa shape index (κ1) is 21.3. The molecule has 33 heavy (non-hydrogen) atoms. The molecule has 0 saturated heterocycles. The molecule has 2 heterocycles. The van der Waals surface area contributed by atoms with Crippen LogP contribution in [0.3, 0.4) is 0 Å². The second kappa shape index (κ2) is 9.13. The molecule has 0 spiro atoms. The van der Waals surface area contributed by atoms with Crippen LogP contribution in [0.1, 0.15) is 57.5 Å². The maximum absolute atomic E-state index is 11.7. The molecule has 0 fully saturated rings. The molecule has 7 nitrogen and oxygen atoms in total. The molecule has 5 N–H and O–H groups in total. The minimum Gasteiger partial charge on any atom is -0.366 e. The number of primary amides is 1. The normalized spacial score (nSPS) is 15.6. The van der Waals surface area contributed by atoms with Gasteiger partial charge in [-0.15, -0.1) is 0 Å². The number of amides is 1. The van der Waals surface area contributed by atoms with Crippen LogP contribution in [0.4, 0.5) is 0 Å². The number of para-hydroxylation sites is 2. The molecule has 0 bridgehead atoms. The molecule has 2 aromatic heterocycles. The molecule has 0 saturated carbocycles. The third-order valence-electron chi connectivity index (χ3n) is 6.48. The highest BCUT2D eigenvalue weighted by atomic mass is 16.1. The first-order valence-corrected chi connectivity index (χ1v) is 11.4. The van der Waals surface area contributed by atoms with Gasteiger partial charge in [-0.1, -0.05) is 24.3 Å². The van der Waals surface area contributed by atoms with Gasteiger partial charge in [0.25, 0.3) is 0 Å². The summed E-state index contributed by atoms with van der Waals surface area (Å²) in [6.45, 7) is 1.66. The van der Waals surface area contributed by atoms with E-state index in [1.807, 2.05) is 48.7 Å². The first-order valence-electron chi connectivity index (χ1n) is 11.4. The topological polar surface area (TPSA) is 114 Å². The van der Waals surface area contributed by atoms with Crippen molar-refractivity contribution >= 4 is 16.9 Å². The number of rotatable bonds is 7. The molecule has 1 unspecified atom stereocenters. The van der Waals surface area contributed by atoms with Crippen LogP contribution in [0.25, 0.3) is 11.0 Å². The quantitative estimate of drug-likeness (QED) is 0.406. The van der Waals surface area contributed by atoms with E-state index in [-0.39, 0.29) is 6.04 Å². The number of pyridine rings is 1. The highest BCUT2D eigenvalue weighted by Gasteiger charge is 2.28. The fourth-order valence-corrected chi connectivity index (χ4v) is 4.83. The van der Waals surface area contributed by atoms with Crippen molar-refractivity contribution in [2.75, 3.05) is 0 Å². The van der Waals surface area contributed by atoms with Crippen molar-refractivity contribution < 1.29 is 4.79 Å². The lowest BCUT2D eigenvalue weighted by molar-refractivity contribution is 0.1000. The number of nitrogens with zero attached hydrogens (tertiary/aromatic N) is 3. The lowest BCUT2D eigenvalue weighted by Crippen LogP contribution is -2.32. The number of benzene rings is 2. The Morgan fingerprint density at radius 2 is 1.97 bits per heavy atom. The van der Waals surface area contributed by atoms with Crippen molar-refractivity contribution in [1.29, 1.82) is 0 Å². The lowest BCUT2D eigenvalue weighted by Gasteiger charge is -2.35. The van der Waals surface area contributed by atoms with Crippen molar-refractivity contribution in [3.05, 3.63) is 94.6 Å². The van der Waals surface area contributed by atoms with E-state index < -0.39 is 5.91 Å². The Labute approximate surface area is 192 Å². The summed E-state index contributed by atoms with van der Waals surface area (Å²) in [7, 11) is 0. The highest BCUT2D eigenvalue weighted by Crippen LogP contribution is 2.35. The summed E-state index contributed by atoms with van der Waals surface area (Å²) < 4.78 is 0. The average Bonchev–Trinajstić information content (AvgIpc) is 3.26. The molecular formula is C26H28N6O. The van der Waals surface area contributed by atoms with E-state index in [9.17, 15) is 4.79 Å². The highest BCUT2D eigenvalue weighted by molar-refractivity contribution is 5.93. The predicted octanol–water partition coefficient (Wildman–Crippen LogP) is 3.60. The Kier molecular flexibility index (Phi) is 5.90. The zero-order valence-corrected chi connectivity index (χ0v) is 18.5. The molecule has 1 atom stereocenters. The van der Waals surface area contributed by atoms with E-state index in [0.717, 1.165) is 52.9 Å². The molecule has 1 aliphatic rings. The van der Waals surface area contributed by atoms with Gasteiger partial charge in [0.2, 0.25) is 5.91 Å². The van der Waals surface area contributed by atoms with Crippen LogP contribution in [-0.2, 0) is 26.1 Å². The summed E-state index contributed by atoms with van der Waals surface area (Å²) in [5.41, 5.74) is 18.5. The minimum absolute atomic E-state index is 0.171. The number of nitrogens with one attached hydrogen (secondary N) is 1. The number of H-pyrrole nitrogens is 1. The van der Waals surface area contributed by atoms with Crippen LogP contribution in [0, 0.1) is 0 Å². The van der Waals surface area contributed by atoms with Crippen LogP contribution >= 0.6 is 0 Å². The van der Waals surface area contributed by atoms with Crippen LogP contribution in [0.2, 0.25) is 0 Å². The van der Waals surface area contributed by atoms with Crippen molar-refractivity contribution in [1.82, 2.24) is 19.9 Å². The summed E-state index contributed by atoms with van der Waals surface area (Å²) >= 11 is 0. The number of carbonyl (C=O) groups is 1. The third-order valence-corrected chi connectivity index (χ3v) is 6.48. The Balaban J connectivity index is 1.52. The van der Waals surface area contributed by atoms with Crippen LogP contribution < -0.4 is 11.5 Å². The lowest BCUT2D eigenvalue weighted by atomic mass is 9.90. The van der Waals surface area contributed by atoms with Gasteiger partial charge in [0.1, 0.15) is 5.82 Å². The Bertz CT molecular complexity index is 1260. The minimum atomic E-state index is -0.444. The first-order chi connectivity index (χ1) is 16.1. The number of aromatic nitrogens is 3. The number of aryl methyl sites for hydroxylation is 1. The molecule has 5 rings (SSSR count). The predicted molar refractivity (Wildman–Crippen MR) is 128 cm³/mol. The molecular weight excluding hydrogens is 412 g/mol. The van der Waals surface area contributed by atoms with E-state index in [2.05, 4.69) is 16.0 Å². The van der Waals surface area contributed by atoms with Crippen molar-refractivity contribution in [3.8, 4) is 0 Å². The van der Waals surface area contributed by atoms with Gasteiger partial charge in [0, 0.05) is 24.8 Å². The summed E-state index contributed by atoms with van der Waals surface area (Å²) in [6.07, 6.45) is 5.08. The SMILES string of the molecule is NCc1cc(C(N)=O)ccc1CN(Cc1nc2ccccc2[nH]1)C1CCCc2cccnc21. The number of fused-ring (bicyclic) bond motifs is 2. The maximum Gasteiger partial charge on any atom is 0.248 e. The fourth-order valence-electron chi connectivity index (χ4n) is 4.83. The third kappa shape index (κ3) is 4.37. The zero-order chi connectivity index (χ0) is 22.8. The van der Waals surface area contributed by atoms with Gasteiger partial charge in [0.05, 0.1) is 29.3 Å². The monoisotopic (exact) mass is 440 g/mol. The second-order valence-electron chi connectivity index (χ2n) is 8.61. The molecule has 168 valence electrons. The van der Waals surface area contributed by atoms with E-state index in [1.54, 1.807) is 6.07 Å². The van der Waals surface area contributed by atoms with Gasteiger partial charge < -0.3 is 16.5 Å². The Morgan fingerprint density at radius 3 is 2.79 bits per heavy atom. The largest absolute Gasteiger partial charge is 0.366 e. The van der Waals surface area contributed by atoms with E-state index in [1.165, 1.54) is 5.56 Å². The maximum atomic E-state index is 11.7.